The number of likely N-dealkylation sites (tertiary alicyclic amines) is 1. The highest BCUT2D eigenvalue weighted by Gasteiger charge is 2.32. The van der Waals surface area contributed by atoms with Crippen molar-refractivity contribution in [2.24, 2.45) is 0 Å². The molecule has 0 bridgehead atoms. The summed E-state index contributed by atoms with van der Waals surface area (Å²) in [5.74, 6) is 1.79. The molecule has 0 spiro atoms. The Hall–Kier alpha value is -2.67. The summed E-state index contributed by atoms with van der Waals surface area (Å²) >= 11 is 5.79. The number of benzene rings is 1. The predicted octanol–water partition coefficient (Wildman–Crippen LogP) is 2.73. The van der Waals surface area contributed by atoms with Gasteiger partial charge in [0, 0.05) is 18.8 Å². The molecule has 1 fully saturated rings. The molecule has 0 radical (unpaired) electrons. The summed E-state index contributed by atoms with van der Waals surface area (Å²) in [5.41, 5.74) is 0.926. The van der Waals surface area contributed by atoms with Crippen molar-refractivity contribution in [1.29, 1.82) is 0 Å². The zero-order valence-corrected chi connectivity index (χ0v) is 15.3. The molecule has 0 saturated carbocycles. The second kappa shape index (κ2) is 8.14. The first-order chi connectivity index (χ1) is 12.6. The van der Waals surface area contributed by atoms with Gasteiger partial charge in [0.25, 0.3) is 0 Å². The molecule has 0 atom stereocenters. The van der Waals surface area contributed by atoms with Crippen LogP contribution in [-0.2, 0) is 6.54 Å². The first kappa shape index (κ1) is 18.1. The topological polar surface area (TPSA) is 72.9 Å². The quantitative estimate of drug-likeness (QED) is 0.838. The van der Waals surface area contributed by atoms with Crippen LogP contribution in [0.5, 0.6) is 17.4 Å². The molecule has 1 saturated heterocycles. The first-order valence-corrected chi connectivity index (χ1v) is 8.48. The number of hydrogen-bond donors (Lipinski definition) is 1. The summed E-state index contributed by atoms with van der Waals surface area (Å²) in [6.45, 7) is 1.43. The van der Waals surface area contributed by atoms with E-state index in [2.05, 4.69) is 10.3 Å². The van der Waals surface area contributed by atoms with Gasteiger partial charge in [-0.15, -0.1) is 0 Å². The number of aromatic nitrogens is 1. The summed E-state index contributed by atoms with van der Waals surface area (Å²) < 4.78 is 16.1. The number of amides is 2. The zero-order valence-electron chi connectivity index (χ0n) is 14.6. The van der Waals surface area contributed by atoms with Crippen LogP contribution in [0.3, 0.4) is 0 Å². The van der Waals surface area contributed by atoms with Crippen molar-refractivity contribution in [2.75, 3.05) is 27.3 Å². The molecule has 2 aromatic rings. The standard InChI is InChI=1S/C18H20ClN3O4/c1-24-15-5-3-12(7-16(15)25-2)8-21-18(23)22-10-14(11-22)26-17-6-4-13(19)9-20-17/h3-7,9,14H,8,10-11H2,1-2H3,(H,21,23). The van der Waals surface area contributed by atoms with Gasteiger partial charge in [-0.1, -0.05) is 17.7 Å². The van der Waals surface area contributed by atoms with Crippen LogP contribution < -0.4 is 19.5 Å². The van der Waals surface area contributed by atoms with E-state index >= 15 is 0 Å². The van der Waals surface area contributed by atoms with Crippen molar-refractivity contribution in [2.45, 2.75) is 12.6 Å². The Balaban J connectivity index is 1.44. The van der Waals surface area contributed by atoms with Crippen LogP contribution in [-0.4, -0.2) is 49.3 Å². The molecule has 0 unspecified atom stereocenters. The monoisotopic (exact) mass is 377 g/mol. The molecule has 8 heteroatoms. The highest BCUT2D eigenvalue weighted by Crippen LogP contribution is 2.27. The summed E-state index contributed by atoms with van der Waals surface area (Å²) in [5, 5.41) is 3.44. The van der Waals surface area contributed by atoms with Gasteiger partial charge >= 0.3 is 6.03 Å². The summed E-state index contributed by atoms with van der Waals surface area (Å²) in [6, 6.07) is 8.83. The van der Waals surface area contributed by atoms with E-state index in [1.165, 1.54) is 6.20 Å². The molecule has 1 N–H and O–H groups in total. The van der Waals surface area contributed by atoms with E-state index in [0.29, 0.717) is 42.0 Å². The van der Waals surface area contributed by atoms with Crippen LogP contribution in [0.15, 0.2) is 36.5 Å². The van der Waals surface area contributed by atoms with Crippen molar-refractivity contribution in [1.82, 2.24) is 15.2 Å². The van der Waals surface area contributed by atoms with Gasteiger partial charge in [-0.3, -0.25) is 0 Å². The van der Waals surface area contributed by atoms with Crippen LogP contribution in [0.1, 0.15) is 5.56 Å². The molecule has 2 amide bonds. The van der Waals surface area contributed by atoms with Gasteiger partial charge in [-0.25, -0.2) is 9.78 Å². The van der Waals surface area contributed by atoms with Crippen LogP contribution >= 0.6 is 11.6 Å². The van der Waals surface area contributed by atoms with Crippen molar-refractivity contribution < 1.29 is 19.0 Å². The summed E-state index contributed by atoms with van der Waals surface area (Å²) in [4.78, 5) is 18.0. The maximum atomic E-state index is 12.2. The highest BCUT2D eigenvalue weighted by atomic mass is 35.5. The van der Waals surface area contributed by atoms with E-state index in [-0.39, 0.29) is 12.1 Å². The minimum Gasteiger partial charge on any atom is -0.493 e. The van der Waals surface area contributed by atoms with E-state index in [0.717, 1.165) is 5.56 Å². The molecule has 1 aliphatic rings. The third kappa shape index (κ3) is 4.29. The molecule has 1 aliphatic heterocycles. The Kier molecular flexibility index (Phi) is 5.68. The minimum absolute atomic E-state index is 0.0597. The third-order valence-corrected chi connectivity index (χ3v) is 4.24. The van der Waals surface area contributed by atoms with Crippen molar-refractivity contribution in [3.63, 3.8) is 0 Å². The average Bonchev–Trinajstić information content (AvgIpc) is 2.63. The van der Waals surface area contributed by atoms with Gasteiger partial charge in [0.15, 0.2) is 11.5 Å². The molecule has 2 heterocycles. The zero-order chi connectivity index (χ0) is 18.5. The molecule has 26 heavy (non-hydrogen) atoms. The lowest BCUT2D eigenvalue weighted by Gasteiger charge is -2.38. The fourth-order valence-corrected chi connectivity index (χ4v) is 2.67. The van der Waals surface area contributed by atoms with Crippen LogP contribution in [0.4, 0.5) is 4.79 Å². The number of hydrogen-bond acceptors (Lipinski definition) is 5. The fraction of sp³-hybridized carbons (Fsp3) is 0.333. The molecule has 0 aliphatic carbocycles. The lowest BCUT2D eigenvalue weighted by atomic mass is 10.1. The Morgan fingerprint density at radius 3 is 2.65 bits per heavy atom. The molecular weight excluding hydrogens is 358 g/mol. The second-order valence-corrected chi connectivity index (χ2v) is 6.24. The summed E-state index contributed by atoms with van der Waals surface area (Å²) in [7, 11) is 3.16. The van der Waals surface area contributed by atoms with E-state index in [9.17, 15) is 4.79 Å². The van der Waals surface area contributed by atoms with Crippen molar-refractivity contribution in [3.8, 4) is 17.4 Å². The number of nitrogens with zero attached hydrogens (tertiary/aromatic N) is 2. The average molecular weight is 378 g/mol. The lowest BCUT2D eigenvalue weighted by molar-refractivity contribution is 0.0413. The Labute approximate surface area is 156 Å². The van der Waals surface area contributed by atoms with Gasteiger partial charge in [0.1, 0.15) is 6.10 Å². The minimum atomic E-state index is -0.135. The number of urea groups is 1. The fourth-order valence-electron chi connectivity index (χ4n) is 2.56. The van der Waals surface area contributed by atoms with Gasteiger partial charge in [0.2, 0.25) is 5.88 Å². The number of pyridine rings is 1. The van der Waals surface area contributed by atoms with Crippen LogP contribution in [0.2, 0.25) is 5.02 Å². The van der Waals surface area contributed by atoms with Gasteiger partial charge in [0.05, 0.1) is 32.3 Å². The maximum absolute atomic E-state index is 12.2. The largest absolute Gasteiger partial charge is 0.493 e. The molecule has 1 aromatic heterocycles. The maximum Gasteiger partial charge on any atom is 0.317 e. The van der Waals surface area contributed by atoms with Gasteiger partial charge in [-0.05, 0) is 23.8 Å². The number of nitrogens with one attached hydrogen (secondary N) is 1. The number of rotatable bonds is 6. The molecule has 7 nitrogen and oxygen atoms in total. The second-order valence-electron chi connectivity index (χ2n) is 5.81. The molecule has 3 rings (SSSR count). The third-order valence-electron chi connectivity index (χ3n) is 4.01. The van der Waals surface area contributed by atoms with Crippen molar-refractivity contribution >= 4 is 17.6 Å². The Morgan fingerprint density at radius 1 is 1.23 bits per heavy atom. The van der Waals surface area contributed by atoms with E-state index in [1.54, 1.807) is 31.3 Å². The Bertz CT molecular complexity index is 764. The van der Waals surface area contributed by atoms with Gasteiger partial charge < -0.3 is 24.4 Å². The SMILES string of the molecule is COc1ccc(CNC(=O)N2CC(Oc3ccc(Cl)cn3)C2)cc1OC. The number of carbonyl (C=O) groups excluding carboxylic acids is 1. The van der Waals surface area contributed by atoms with Gasteiger partial charge in [-0.2, -0.15) is 0 Å². The Morgan fingerprint density at radius 2 is 2.00 bits per heavy atom. The number of halogens is 1. The van der Waals surface area contributed by atoms with E-state index in [1.807, 2.05) is 18.2 Å². The van der Waals surface area contributed by atoms with Crippen LogP contribution in [0, 0.1) is 0 Å². The molecule has 1 aromatic carbocycles. The van der Waals surface area contributed by atoms with E-state index < -0.39 is 0 Å². The van der Waals surface area contributed by atoms with E-state index in [4.69, 9.17) is 25.8 Å². The van der Waals surface area contributed by atoms with Crippen molar-refractivity contribution in [3.05, 3.63) is 47.1 Å². The summed E-state index contributed by atoms with van der Waals surface area (Å²) in [6.07, 6.45) is 1.47. The molecule has 138 valence electrons. The number of ether oxygens (including phenoxy) is 3. The highest BCUT2D eigenvalue weighted by molar-refractivity contribution is 6.30. The first-order valence-electron chi connectivity index (χ1n) is 8.11. The predicted molar refractivity (Wildman–Crippen MR) is 97.0 cm³/mol. The molecular formula is C18H20ClN3O4. The number of methoxy groups -OCH3 is 2. The van der Waals surface area contributed by atoms with Crippen LogP contribution in [0.25, 0.3) is 0 Å². The normalized spacial score (nSPS) is 13.7. The lowest BCUT2D eigenvalue weighted by Crippen LogP contribution is -2.58. The number of carbonyl (C=O) groups is 1. The smallest absolute Gasteiger partial charge is 0.317 e.